The highest BCUT2D eigenvalue weighted by atomic mass is 19.3. The van der Waals surface area contributed by atoms with Gasteiger partial charge < -0.3 is 10.5 Å². The quantitative estimate of drug-likeness (QED) is 0.804. The van der Waals surface area contributed by atoms with Gasteiger partial charge in [0.15, 0.2) is 6.61 Å². The Bertz CT molecular complexity index is 305. The Labute approximate surface area is 80.9 Å². The third-order valence-corrected chi connectivity index (χ3v) is 1.67. The first-order valence-electron chi connectivity index (χ1n) is 4.20. The molecule has 0 atom stereocenters. The molecule has 1 aromatic heterocycles. The molecule has 78 valence electrons. The van der Waals surface area contributed by atoms with Gasteiger partial charge >= 0.3 is 0 Å². The topological polar surface area (TPSA) is 48.1 Å². The van der Waals surface area contributed by atoms with Gasteiger partial charge in [0.2, 0.25) is 5.88 Å². The zero-order chi connectivity index (χ0) is 10.6. The average Bonchev–Trinajstić information content (AvgIpc) is 2.15. The summed E-state index contributed by atoms with van der Waals surface area (Å²) in [5.41, 5.74) is 6.96. The molecule has 1 rings (SSSR count). The molecule has 0 radical (unpaired) electrons. The standard InChI is InChI=1S/C9H12F2N2O/c1-6-2-7(3-12)4-13-9(6)14-5-8(10)11/h2,4,8H,3,5,12H2,1H3. The highest BCUT2D eigenvalue weighted by Crippen LogP contribution is 2.15. The van der Waals surface area contributed by atoms with Gasteiger partial charge in [-0.3, -0.25) is 0 Å². The van der Waals surface area contributed by atoms with E-state index in [1.54, 1.807) is 13.0 Å². The summed E-state index contributed by atoms with van der Waals surface area (Å²) in [4.78, 5) is 3.89. The van der Waals surface area contributed by atoms with Crippen molar-refractivity contribution in [2.75, 3.05) is 6.61 Å². The second-order valence-electron chi connectivity index (χ2n) is 2.87. The Balaban J connectivity index is 2.69. The van der Waals surface area contributed by atoms with Crippen molar-refractivity contribution in [3.63, 3.8) is 0 Å². The molecule has 0 bridgehead atoms. The third-order valence-electron chi connectivity index (χ3n) is 1.67. The van der Waals surface area contributed by atoms with Crippen molar-refractivity contribution < 1.29 is 13.5 Å². The zero-order valence-electron chi connectivity index (χ0n) is 7.84. The fourth-order valence-corrected chi connectivity index (χ4v) is 1.03. The molecule has 0 amide bonds. The van der Waals surface area contributed by atoms with Crippen LogP contribution in [0, 0.1) is 6.92 Å². The molecular weight excluding hydrogens is 190 g/mol. The molecule has 0 saturated carbocycles. The zero-order valence-corrected chi connectivity index (χ0v) is 7.84. The Morgan fingerprint density at radius 2 is 2.29 bits per heavy atom. The van der Waals surface area contributed by atoms with E-state index in [2.05, 4.69) is 4.98 Å². The number of hydrogen-bond donors (Lipinski definition) is 1. The van der Waals surface area contributed by atoms with Crippen LogP contribution in [0.5, 0.6) is 5.88 Å². The highest BCUT2D eigenvalue weighted by molar-refractivity contribution is 5.28. The maximum Gasteiger partial charge on any atom is 0.272 e. The molecule has 0 aliphatic rings. The fraction of sp³-hybridized carbons (Fsp3) is 0.444. The van der Waals surface area contributed by atoms with Crippen LogP contribution in [0.3, 0.4) is 0 Å². The van der Waals surface area contributed by atoms with Crippen molar-refractivity contribution in [3.8, 4) is 5.88 Å². The summed E-state index contributed by atoms with van der Waals surface area (Å²) in [5.74, 6) is 0.238. The minimum Gasteiger partial charge on any atom is -0.471 e. The molecule has 0 spiro atoms. The highest BCUT2D eigenvalue weighted by Gasteiger charge is 2.06. The van der Waals surface area contributed by atoms with E-state index >= 15 is 0 Å². The van der Waals surface area contributed by atoms with Crippen LogP contribution in [0.25, 0.3) is 0 Å². The summed E-state index contributed by atoms with van der Waals surface area (Å²) in [6.45, 7) is 1.49. The first-order chi connectivity index (χ1) is 6.63. The Kier molecular flexibility index (Phi) is 3.76. The van der Waals surface area contributed by atoms with Crippen LogP contribution >= 0.6 is 0 Å². The lowest BCUT2D eigenvalue weighted by Crippen LogP contribution is -2.09. The Hall–Kier alpha value is -1.23. The molecule has 0 fully saturated rings. The number of rotatable bonds is 4. The predicted octanol–water partition coefficient (Wildman–Crippen LogP) is 1.49. The molecule has 1 aromatic rings. The third kappa shape index (κ3) is 2.92. The average molecular weight is 202 g/mol. The number of aromatic nitrogens is 1. The van der Waals surface area contributed by atoms with Gasteiger partial charge in [-0.2, -0.15) is 0 Å². The van der Waals surface area contributed by atoms with Gasteiger partial charge in [0, 0.05) is 18.3 Å². The molecule has 0 unspecified atom stereocenters. The molecule has 5 heteroatoms. The van der Waals surface area contributed by atoms with E-state index < -0.39 is 13.0 Å². The van der Waals surface area contributed by atoms with Gasteiger partial charge in [-0.25, -0.2) is 13.8 Å². The maximum absolute atomic E-state index is 11.8. The van der Waals surface area contributed by atoms with E-state index in [0.29, 0.717) is 12.1 Å². The minimum absolute atomic E-state index is 0.238. The van der Waals surface area contributed by atoms with E-state index in [1.165, 1.54) is 6.20 Å². The van der Waals surface area contributed by atoms with Crippen molar-refractivity contribution in [2.24, 2.45) is 5.73 Å². The number of nitrogens with two attached hydrogens (primary N) is 1. The van der Waals surface area contributed by atoms with Gasteiger partial charge in [-0.15, -0.1) is 0 Å². The van der Waals surface area contributed by atoms with Crippen LogP contribution in [0.1, 0.15) is 11.1 Å². The lowest BCUT2D eigenvalue weighted by molar-refractivity contribution is 0.0792. The van der Waals surface area contributed by atoms with Gasteiger partial charge in [0.05, 0.1) is 0 Å². The summed E-state index contributed by atoms with van der Waals surface area (Å²) in [6, 6.07) is 1.77. The van der Waals surface area contributed by atoms with E-state index in [0.717, 1.165) is 5.56 Å². The molecule has 1 heterocycles. The van der Waals surface area contributed by atoms with Gasteiger partial charge in [-0.1, -0.05) is 0 Å². The summed E-state index contributed by atoms with van der Waals surface area (Å²) in [6.07, 6.45) is -0.959. The fourth-order valence-electron chi connectivity index (χ4n) is 1.03. The first-order valence-corrected chi connectivity index (χ1v) is 4.20. The second kappa shape index (κ2) is 4.85. The molecule has 0 aliphatic carbocycles. The summed E-state index contributed by atoms with van der Waals surface area (Å²) in [7, 11) is 0. The summed E-state index contributed by atoms with van der Waals surface area (Å²) >= 11 is 0. The summed E-state index contributed by atoms with van der Waals surface area (Å²) in [5, 5.41) is 0. The number of nitrogens with zero attached hydrogens (tertiary/aromatic N) is 1. The lowest BCUT2D eigenvalue weighted by atomic mass is 10.2. The van der Waals surface area contributed by atoms with E-state index in [1.807, 2.05) is 0 Å². The maximum atomic E-state index is 11.8. The van der Waals surface area contributed by atoms with Crippen LogP contribution in [0.15, 0.2) is 12.3 Å². The normalized spacial score (nSPS) is 10.6. The van der Waals surface area contributed by atoms with Crippen LogP contribution in [0.2, 0.25) is 0 Å². The molecule has 14 heavy (non-hydrogen) atoms. The molecule has 0 aromatic carbocycles. The van der Waals surface area contributed by atoms with Gasteiger partial charge in [0.25, 0.3) is 6.43 Å². The van der Waals surface area contributed by atoms with Gasteiger partial charge in [-0.05, 0) is 18.6 Å². The number of ether oxygens (including phenoxy) is 1. The van der Waals surface area contributed by atoms with Crippen LogP contribution in [0.4, 0.5) is 8.78 Å². The number of hydrogen-bond acceptors (Lipinski definition) is 3. The lowest BCUT2D eigenvalue weighted by Gasteiger charge is -2.07. The number of pyridine rings is 1. The largest absolute Gasteiger partial charge is 0.471 e. The second-order valence-corrected chi connectivity index (χ2v) is 2.87. The predicted molar refractivity (Wildman–Crippen MR) is 48.4 cm³/mol. The van der Waals surface area contributed by atoms with Crippen molar-refractivity contribution in [1.82, 2.24) is 4.98 Å². The Morgan fingerprint density at radius 3 is 2.79 bits per heavy atom. The number of aryl methyl sites for hydroxylation is 1. The molecule has 0 saturated heterocycles. The molecule has 0 aliphatic heterocycles. The van der Waals surface area contributed by atoms with Crippen LogP contribution < -0.4 is 10.5 Å². The van der Waals surface area contributed by atoms with Gasteiger partial charge in [0.1, 0.15) is 0 Å². The SMILES string of the molecule is Cc1cc(CN)cnc1OCC(F)F. The molecule has 3 nitrogen and oxygen atoms in total. The minimum atomic E-state index is -2.48. The molecular formula is C9H12F2N2O. The Morgan fingerprint density at radius 1 is 1.57 bits per heavy atom. The van der Waals surface area contributed by atoms with Crippen molar-refractivity contribution in [2.45, 2.75) is 19.9 Å². The number of halogens is 2. The van der Waals surface area contributed by atoms with Crippen molar-refractivity contribution >= 4 is 0 Å². The van der Waals surface area contributed by atoms with Crippen molar-refractivity contribution in [3.05, 3.63) is 23.4 Å². The van der Waals surface area contributed by atoms with Crippen molar-refractivity contribution in [1.29, 1.82) is 0 Å². The first kappa shape index (κ1) is 10.8. The molecule has 2 N–H and O–H groups in total. The summed E-state index contributed by atoms with van der Waals surface area (Å²) < 4.78 is 28.4. The van der Waals surface area contributed by atoms with Crippen LogP contribution in [-0.2, 0) is 6.54 Å². The van der Waals surface area contributed by atoms with E-state index in [-0.39, 0.29) is 5.88 Å². The van der Waals surface area contributed by atoms with E-state index in [4.69, 9.17) is 10.5 Å². The smallest absolute Gasteiger partial charge is 0.272 e. The monoisotopic (exact) mass is 202 g/mol. The van der Waals surface area contributed by atoms with Crippen LogP contribution in [-0.4, -0.2) is 18.0 Å². The number of alkyl halides is 2. The van der Waals surface area contributed by atoms with E-state index in [9.17, 15) is 8.78 Å².